The first kappa shape index (κ1) is 12.7. The number of rotatable bonds is 3. The van der Waals surface area contributed by atoms with Crippen molar-refractivity contribution in [2.75, 3.05) is 11.9 Å². The summed E-state index contributed by atoms with van der Waals surface area (Å²) in [6.45, 7) is 4.66. The molecule has 78 valence electrons. The van der Waals surface area contributed by atoms with E-state index in [1.54, 1.807) is 12.1 Å². The zero-order valence-corrected chi connectivity index (χ0v) is 8.93. The van der Waals surface area contributed by atoms with Crippen LogP contribution in [0.3, 0.4) is 0 Å². The van der Waals surface area contributed by atoms with Gasteiger partial charge in [0.15, 0.2) is 0 Å². The summed E-state index contributed by atoms with van der Waals surface area (Å²) in [7, 11) is 0. The van der Waals surface area contributed by atoms with Crippen LogP contribution in [0.25, 0.3) is 0 Å². The Morgan fingerprint density at radius 3 is 2.57 bits per heavy atom. The molecule has 0 unspecified atom stereocenters. The van der Waals surface area contributed by atoms with E-state index in [0.717, 1.165) is 17.8 Å². The molecule has 14 heavy (non-hydrogen) atoms. The number of halogens is 1. The average Bonchev–Trinajstić information content (AvgIpc) is 2.08. The van der Waals surface area contributed by atoms with E-state index in [1.165, 1.54) is 6.07 Å². The third kappa shape index (κ3) is 2.88. The summed E-state index contributed by atoms with van der Waals surface area (Å²) in [5, 5.41) is 13.5. The van der Waals surface area contributed by atoms with Gasteiger partial charge in [-0.15, -0.1) is 12.4 Å². The fraction of sp³-hybridized carbons (Fsp3) is 0.333. The maximum Gasteiger partial charge on any atom is 0.269 e. The van der Waals surface area contributed by atoms with Crippen molar-refractivity contribution in [1.29, 1.82) is 0 Å². The average molecular weight is 217 g/mol. The highest BCUT2D eigenvalue weighted by Gasteiger charge is 2.06. The van der Waals surface area contributed by atoms with E-state index >= 15 is 0 Å². The van der Waals surface area contributed by atoms with Crippen molar-refractivity contribution in [2.45, 2.75) is 13.8 Å². The largest absolute Gasteiger partial charge is 0.385 e. The van der Waals surface area contributed by atoms with E-state index in [-0.39, 0.29) is 23.0 Å². The standard InChI is InChI=1S/C9H12N2O2.ClH/c1-3-10-9-5-4-8(11(12)13)6-7(9)2;/h4-6,10H,3H2,1-2H3;1H. The number of nitrogens with zero attached hydrogens (tertiary/aromatic N) is 1. The lowest BCUT2D eigenvalue weighted by atomic mass is 10.2. The Balaban J connectivity index is 0.00000169. The molecule has 1 aromatic rings. The molecule has 0 fully saturated rings. The van der Waals surface area contributed by atoms with E-state index < -0.39 is 0 Å². The smallest absolute Gasteiger partial charge is 0.269 e. The second-order valence-electron chi connectivity index (χ2n) is 2.79. The molecule has 1 N–H and O–H groups in total. The van der Waals surface area contributed by atoms with Gasteiger partial charge in [-0.2, -0.15) is 0 Å². The second-order valence-corrected chi connectivity index (χ2v) is 2.79. The third-order valence-electron chi connectivity index (χ3n) is 1.79. The highest BCUT2D eigenvalue weighted by Crippen LogP contribution is 2.20. The molecule has 0 saturated carbocycles. The Morgan fingerprint density at radius 2 is 2.14 bits per heavy atom. The molecule has 0 atom stereocenters. The molecular formula is C9H13ClN2O2. The summed E-state index contributed by atoms with van der Waals surface area (Å²) in [6, 6.07) is 4.81. The Bertz CT molecular complexity index is 329. The molecule has 1 aromatic carbocycles. The van der Waals surface area contributed by atoms with Gasteiger partial charge in [0.05, 0.1) is 4.92 Å². The molecule has 0 saturated heterocycles. The van der Waals surface area contributed by atoms with Gasteiger partial charge in [0.2, 0.25) is 0 Å². The van der Waals surface area contributed by atoms with Crippen molar-refractivity contribution in [3.8, 4) is 0 Å². The number of anilines is 1. The van der Waals surface area contributed by atoms with Crippen LogP contribution >= 0.6 is 12.4 Å². The fourth-order valence-electron chi connectivity index (χ4n) is 1.15. The molecular weight excluding hydrogens is 204 g/mol. The van der Waals surface area contributed by atoms with Crippen LogP contribution < -0.4 is 5.32 Å². The number of nitro groups is 1. The number of nitro benzene ring substituents is 1. The van der Waals surface area contributed by atoms with Crippen molar-refractivity contribution >= 4 is 23.8 Å². The highest BCUT2D eigenvalue weighted by molar-refractivity contribution is 5.85. The number of aryl methyl sites for hydroxylation is 1. The van der Waals surface area contributed by atoms with Crippen LogP contribution in [-0.2, 0) is 0 Å². The Hall–Kier alpha value is -1.29. The highest BCUT2D eigenvalue weighted by atomic mass is 35.5. The molecule has 0 radical (unpaired) electrons. The van der Waals surface area contributed by atoms with Crippen LogP contribution in [0, 0.1) is 17.0 Å². The van der Waals surface area contributed by atoms with Crippen LogP contribution in [0.4, 0.5) is 11.4 Å². The van der Waals surface area contributed by atoms with Crippen molar-refractivity contribution in [3.63, 3.8) is 0 Å². The van der Waals surface area contributed by atoms with Crippen LogP contribution in [-0.4, -0.2) is 11.5 Å². The molecule has 0 amide bonds. The maximum atomic E-state index is 10.4. The first-order chi connectivity index (χ1) is 6.15. The second kappa shape index (κ2) is 5.44. The first-order valence-corrected chi connectivity index (χ1v) is 4.14. The predicted molar refractivity (Wildman–Crippen MR) is 59.2 cm³/mol. The van der Waals surface area contributed by atoms with E-state index in [4.69, 9.17) is 0 Å². The van der Waals surface area contributed by atoms with Gasteiger partial charge in [-0.25, -0.2) is 0 Å². The third-order valence-corrected chi connectivity index (χ3v) is 1.79. The number of hydrogen-bond donors (Lipinski definition) is 1. The van der Waals surface area contributed by atoms with Crippen molar-refractivity contribution in [1.82, 2.24) is 0 Å². The van der Waals surface area contributed by atoms with Gasteiger partial charge in [-0.3, -0.25) is 10.1 Å². The maximum absolute atomic E-state index is 10.4. The minimum atomic E-state index is -0.386. The molecule has 4 nitrogen and oxygen atoms in total. The summed E-state index contributed by atoms with van der Waals surface area (Å²) in [5.41, 5.74) is 1.99. The number of nitrogens with one attached hydrogen (secondary N) is 1. The van der Waals surface area contributed by atoms with Crippen LogP contribution in [0.15, 0.2) is 18.2 Å². The summed E-state index contributed by atoms with van der Waals surface area (Å²) < 4.78 is 0. The van der Waals surface area contributed by atoms with Crippen molar-refractivity contribution in [3.05, 3.63) is 33.9 Å². The normalized spacial score (nSPS) is 9.00. The molecule has 0 bridgehead atoms. The van der Waals surface area contributed by atoms with Gasteiger partial charge >= 0.3 is 0 Å². The zero-order valence-electron chi connectivity index (χ0n) is 8.11. The van der Waals surface area contributed by atoms with Gasteiger partial charge in [0, 0.05) is 24.4 Å². The van der Waals surface area contributed by atoms with E-state index in [9.17, 15) is 10.1 Å². The molecule has 0 aliphatic carbocycles. The van der Waals surface area contributed by atoms with Crippen LogP contribution in [0.1, 0.15) is 12.5 Å². The molecule has 0 aliphatic rings. The summed E-state index contributed by atoms with van der Waals surface area (Å²) in [6.07, 6.45) is 0. The van der Waals surface area contributed by atoms with Gasteiger partial charge in [-0.05, 0) is 25.5 Å². The van der Waals surface area contributed by atoms with Gasteiger partial charge in [-0.1, -0.05) is 0 Å². The number of non-ortho nitro benzene ring substituents is 1. The van der Waals surface area contributed by atoms with Gasteiger partial charge in [0.1, 0.15) is 0 Å². The van der Waals surface area contributed by atoms with E-state index in [0.29, 0.717) is 0 Å². The molecule has 5 heteroatoms. The quantitative estimate of drug-likeness (QED) is 0.625. The Labute approximate surface area is 88.9 Å². The molecule has 1 rings (SSSR count). The van der Waals surface area contributed by atoms with Gasteiger partial charge < -0.3 is 5.32 Å². The van der Waals surface area contributed by atoms with Crippen LogP contribution in [0.2, 0.25) is 0 Å². The van der Waals surface area contributed by atoms with Crippen LogP contribution in [0.5, 0.6) is 0 Å². The number of hydrogen-bond acceptors (Lipinski definition) is 3. The zero-order chi connectivity index (χ0) is 9.84. The monoisotopic (exact) mass is 216 g/mol. The fourth-order valence-corrected chi connectivity index (χ4v) is 1.15. The van der Waals surface area contributed by atoms with Gasteiger partial charge in [0.25, 0.3) is 5.69 Å². The topological polar surface area (TPSA) is 55.2 Å². The summed E-state index contributed by atoms with van der Waals surface area (Å²) >= 11 is 0. The van der Waals surface area contributed by atoms with Crippen molar-refractivity contribution in [2.24, 2.45) is 0 Å². The lowest BCUT2D eigenvalue weighted by Crippen LogP contribution is -1.99. The Morgan fingerprint density at radius 1 is 1.50 bits per heavy atom. The SMILES string of the molecule is CCNc1ccc([N+](=O)[O-])cc1C.Cl. The van der Waals surface area contributed by atoms with E-state index in [2.05, 4.69) is 5.32 Å². The number of benzene rings is 1. The minimum Gasteiger partial charge on any atom is -0.385 e. The molecule has 0 spiro atoms. The predicted octanol–water partition coefficient (Wildman–Crippen LogP) is 2.76. The molecule has 0 heterocycles. The lowest BCUT2D eigenvalue weighted by Gasteiger charge is -2.05. The summed E-state index contributed by atoms with van der Waals surface area (Å²) in [5.74, 6) is 0. The van der Waals surface area contributed by atoms with E-state index in [1.807, 2.05) is 13.8 Å². The summed E-state index contributed by atoms with van der Waals surface area (Å²) in [4.78, 5) is 10.0. The first-order valence-electron chi connectivity index (χ1n) is 4.14. The molecule has 0 aromatic heterocycles. The molecule has 0 aliphatic heterocycles. The minimum absolute atomic E-state index is 0. The van der Waals surface area contributed by atoms with Crippen molar-refractivity contribution < 1.29 is 4.92 Å². The Kier molecular flexibility index (Phi) is 4.94. The lowest BCUT2D eigenvalue weighted by molar-refractivity contribution is -0.384.